The van der Waals surface area contributed by atoms with Gasteiger partial charge in [0, 0.05) is 38.4 Å². The molecule has 3 heteroatoms. The molecule has 2 aliphatic carbocycles. The van der Waals surface area contributed by atoms with Crippen molar-refractivity contribution in [2.24, 2.45) is 0 Å². The molecular weight excluding hydrogens is 832 g/mol. The highest BCUT2D eigenvalue weighted by Crippen LogP contribution is 2.47. The lowest BCUT2D eigenvalue weighted by molar-refractivity contribution is 0.444. The lowest BCUT2D eigenvalue weighted by atomic mass is 9.33. The minimum Gasteiger partial charge on any atom is -0.310 e. The first-order chi connectivity index (χ1) is 34.3. The zero-order valence-corrected chi connectivity index (χ0v) is 38.8. The number of rotatable bonds is 2. The Hall–Kier alpha value is -7.36. The molecule has 0 N–H and O–H groups in total. The Morgan fingerprint density at radius 1 is 0.319 bits per heavy atom. The number of hydrogen-bond donors (Lipinski definition) is 0. The molecule has 4 heterocycles. The van der Waals surface area contributed by atoms with Crippen molar-refractivity contribution in [2.45, 2.75) is 76.0 Å². The van der Waals surface area contributed by atoms with Crippen molar-refractivity contribution in [3.8, 4) is 11.4 Å². The summed E-state index contributed by atoms with van der Waals surface area (Å²) in [5.74, 6) is 1.24. The van der Waals surface area contributed by atoms with E-state index in [0.717, 1.165) is 0 Å². The largest absolute Gasteiger partial charge is 0.310 e. The van der Waals surface area contributed by atoms with Gasteiger partial charge >= 0.3 is 0 Å². The summed E-state index contributed by atoms with van der Waals surface area (Å²) in [7, 11) is 0. The zero-order valence-electron chi connectivity index (χ0n) is 38.8. The van der Waals surface area contributed by atoms with Crippen molar-refractivity contribution in [2.75, 3.05) is 0 Å². The molecule has 326 valence electrons. The minimum absolute atomic E-state index is 0.0422. The Labute approximate surface area is 400 Å². The van der Waals surface area contributed by atoms with Crippen LogP contribution < -0.4 is 16.4 Å². The molecule has 0 atom stereocenters. The predicted molar refractivity (Wildman–Crippen MR) is 296 cm³/mol. The first-order valence-corrected chi connectivity index (χ1v) is 26.1. The third-order valence-corrected chi connectivity index (χ3v) is 18.2. The molecule has 17 rings (SSSR count). The molecule has 11 aromatic carbocycles. The zero-order chi connectivity index (χ0) is 44.6. The fraction of sp³-hybridized carbons (Fsp3) is 0.182. The van der Waals surface area contributed by atoms with Gasteiger partial charge in [0.05, 0.1) is 16.6 Å². The molecule has 0 spiro atoms. The van der Waals surface area contributed by atoms with E-state index in [0.29, 0.717) is 11.8 Å². The van der Waals surface area contributed by atoms with Gasteiger partial charge < -0.3 is 9.13 Å². The fourth-order valence-electron chi connectivity index (χ4n) is 15.3. The van der Waals surface area contributed by atoms with Gasteiger partial charge in [-0.05, 0) is 178 Å². The number of benzene rings is 11. The van der Waals surface area contributed by atoms with E-state index in [2.05, 4.69) is 173 Å². The van der Waals surface area contributed by atoms with E-state index < -0.39 is 0 Å². The average Bonchev–Trinajstić information content (AvgIpc) is 3.93. The topological polar surface area (TPSA) is 9.86 Å². The summed E-state index contributed by atoms with van der Waals surface area (Å²) in [5.41, 5.74) is 15.6. The van der Waals surface area contributed by atoms with Gasteiger partial charge in [-0.25, -0.2) is 0 Å². The maximum Gasteiger partial charge on any atom is 0.253 e. The summed E-state index contributed by atoms with van der Waals surface area (Å²) in [4.78, 5) is 0. The molecule has 0 radical (unpaired) electrons. The summed E-state index contributed by atoms with van der Waals surface area (Å²) in [5, 5.41) is 21.6. The van der Waals surface area contributed by atoms with Crippen LogP contribution in [0, 0.1) is 0 Å². The first-order valence-electron chi connectivity index (χ1n) is 26.1. The van der Waals surface area contributed by atoms with E-state index >= 15 is 0 Å². The molecule has 2 fully saturated rings. The molecule has 2 aliphatic heterocycles. The van der Waals surface area contributed by atoms with Crippen molar-refractivity contribution in [1.82, 2.24) is 9.13 Å². The van der Waals surface area contributed by atoms with Crippen LogP contribution in [0.2, 0.25) is 0 Å². The van der Waals surface area contributed by atoms with Crippen LogP contribution >= 0.6 is 0 Å². The summed E-state index contributed by atoms with van der Waals surface area (Å²) in [6.07, 6.45) is 13.3. The van der Waals surface area contributed by atoms with Crippen molar-refractivity contribution < 1.29 is 0 Å². The molecule has 0 saturated heterocycles. The number of nitrogens with zero attached hydrogens (tertiary/aromatic N) is 2. The first kappa shape index (κ1) is 37.6. The molecule has 2 nitrogen and oxygen atoms in total. The summed E-state index contributed by atoms with van der Waals surface area (Å²) < 4.78 is 5.44. The summed E-state index contributed by atoms with van der Waals surface area (Å²) in [6, 6.07) is 64.8. The smallest absolute Gasteiger partial charge is 0.253 e. The van der Waals surface area contributed by atoms with Crippen LogP contribution in [0.15, 0.2) is 164 Å². The molecule has 0 amide bonds. The minimum atomic E-state index is 0.0422. The van der Waals surface area contributed by atoms with Crippen LogP contribution in [0.5, 0.6) is 0 Å². The summed E-state index contributed by atoms with van der Waals surface area (Å²) >= 11 is 0. The number of aromatic nitrogens is 2. The number of hydrogen-bond acceptors (Lipinski definition) is 0. The van der Waals surface area contributed by atoms with Gasteiger partial charge in [0.1, 0.15) is 0 Å². The van der Waals surface area contributed by atoms with Crippen molar-refractivity contribution in [3.05, 3.63) is 175 Å². The molecule has 4 aliphatic rings. The third kappa shape index (κ3) is 4.84. The molecule has 2 aromatic heterocycles. The van der Waals surface area contributed by atoms with E-state index in [1.165, 1.54) is 200 Å². The van der Waals surface area contributed by atoms with Crippen LogP contribution in [0.3, 0.4) is 0 Å². The average molecular weight is 881 g/mol. The Morgan fingerprint density at radius 2 is 0.797 bits per heavy atom. The van der Waals surface area contributed by atoms with Gasteiger partial charge in [0.15, 0.2) is 0 Å². The molecule has 0 unspecified atom stereocenters. The van der Waals surface area contributed by atoms with Crippen LogP contribution in [-0.4, -0.2) is 15.8 Å². The highest BCUT2D eigenvalue weighted by atomic mass is 15.0. The predicted octanol–water partition coefficient (Wildman–Crippen LogP) is 16.0. The molecule has 2 saturated carbocycles. The Morgan fingerprint density at radius 3 is 1.43 bits per heavy atom. The van der Waals surface area contributed by atoms with E-state index in [1.54, 1.807) is 11.1 Å². The Bertz CT molecular complexity index is 4460. The van der Waals surface area contributed by atoms with Crippen LogP contribution in [-0.2, 0) is 0 Å². The second-order valence-electron chi connectivity index (χ2n) is 21.5. The second kappa shape index (κ2) is 13.7. The van der Waals surface area contributed by atoms with Crippen LogP contribution in [0.1, 0.15) is 87.2 Å². The van der Waals surface area contributed by atoms with E-state index in [9.17, 15) is 0 Å². The van der Waals surface area contributed by atoms with Crippen LogP contribution in [0.25, 0.3) is 120 Å². The van der Waals surface area contributed by atoms with Crippen molar-refractivity contribution >= 4 is 131 Å². The maximum absolute atomic E-state index is 2.74. The molecule has 13 aromatic rings. The third-order valence-electron chi connectivity index (χ3n) is 18.2. The highest BCUT2D eigenvalue weighted by molar-refractivity contribution is 7.02. The summed E-state index contributed by atoms with van der Waals surface area (Å²) in [6.45, 7) is 0.0422. The van der Waals surface area contributed by atoms with E-state index in [-0.39, 0.29) is 6.71 Å². The van der Waals surface area contributed by atoms with Gasteiger partial charge in [0.2, 0.25) is 0 Å². The van der Waals surface area contributed by atoms with Crippen molar-refractivity contribution in [3.63, 3.8) is 0 Å². The van der Waals surface area contributed by atoms with Gasteiger partial charge in [-0.3, -0.25) is 0 Å². The SMILES string of the molecule is c1cc2c3c(c1)-n1c4cc5c6ccccc6c6ccccc6c5cc4c4cc5c6ccccc6c6ccccc6c5c(c41)B3c1cc(C3CCCCC3)cc3c4cc(C5CCCCC5)ccc4n-2c13. The molecule has 0 bridgehead atoms. The van der Waals surface area contributed by atoms with Crippen molar-refractivity contribution in [1.29, 1.82) is 0 Å². The highest BCUT2D eigenvalue weighted by Gasteiger charge is 2.43. The van der Waals surface area contributed by atoms with E-state index in [1.807, 2.05) is 0 Å². The lowest BCUT2D eigenvalue weighted by Crippen LogP contribution is -2.59. The lowest BCUT2D eigenvalue weighted by Gasteiger charge is -2.35. The van der Waals surface area contributed by atoms with Gasteiger partial charge in [-0.1, -0.05) is 154 Å². The normalized spacial score (nSPS) is 16.3. The molecule has 69 heavy (non-hydrogen) atoms. The second-order valence-corrected chi connectivity index (χ2v) is 21.5. The van der Waals surface area contributed by atoms with Crippen LogP contribution in [0.4, 0.5) is 0 Å². The fourth-order valence-corrected chi connectivity index (χ4v) is 15.3. The molecular formula is C66H49BN2. The quantitative estimate of drug-likeness (QED) is 0.121. The number of fused-ring (bicyclic) bond motifs is 23. The standard InChI is InChI=1S/C66H49BN2/c1-3-16-38(17-4-1)40-30-31-58-52(32-40)55-33-41(39-18-5-2-6-19-39)34-57-65(55)68(58)59-28-15-29-60-63(59)67(57)64-62-49-27-14-13-23-45(49)44-22-9-12-26-48(44)54(62)36-56-53-35-50-46-24-10-7-20-42(46)43-21-8-11-25-47(43)51(50)37-61(53)69(60)66(56)64/h7-15,20-39H,1-6,16-19H2. The monoisotopic (exact) mass is 880 g/mol. The van der Waals surface area contributed by atoms with Gasteiger partial charge in [0.25, 0.3) is 6.71 Å². The van der Waals surface area contributed by atoms with E-state index in [4.69, 9.17) is 0 Å². The van der Waals surface area contributed by atoms with Gasteiger partial charge in [-0.2, -0.15) is 0 Å². The van der Waals surface area contributed by atoms with Gasteiger partial charge in [-0.15, -0.1) is 0 Å². The maximum atomic E-state index is 2.74. The Balaban J connectivity index is 1.10. The Kier molecular flexibility index (Phi) is 7.45.